The Labute approximate surface area is 132 Å². The molecule has 0 amide bonds. The van der Waals surface area contributed by atoms with E-state index in [-0.39, 0.29) is 18.2 Å². The minimum absolute atomic E-state index is 0.0158. The molecule has 1 aromatic heterocycles. The Morgan fingerprint density at radius 3 is 2.61 bits per heavy atom. The van der Waals surface area contributed by atoms with Crippen molar-refractivity contribution >= 4 is 11.8 Å². The van der Waals surface area contributed by atoms with Gasteiger partial charge in [0.1, 0.15) is 5.82 Å². The van der Waals surface area contributed by atoms with E-state index in [1.165, 1.54) is 24.5 Å². The summed E-state index contributed by atoms with van der Waals surface area (Å²) in [6, 6.07) is 7.47. The molecule has 0 bridgehead atoms. The molecule has 1 aromatic carbocycles. The first-order chi connectivity index (χ1) is 11.0. The summed E-state index contributed by atoms with van der Waals surface area (Å²) < 4.78 is 22.5. The number of carbonyl (C=O) groups is 2. The van der Waals surface area contributed by atoms with E-state index in [0.717, 1.165) is 11.6 Å². The quantitative estimate of drug-likeness (QED) is 0.383. The Balaban J connectivity index is 2.06. The molecule has 0 unspecified atom stereocenters. The number of aliphatic hydroxyl groups excluding tert-OH is 1. The van der Waals surface area contributed by atoms with E-state index in [9.17, 15) is 19.1 Å². The molecule has 6 heteroatoms. The topological polar surface area (TPSA) is 76.7 Å². The first kappa shape index (κ1) is 16.5. The number of hydrogen-bond donors (Lipinski definition) is 1. The molecule has 0 saturated carbocycles. The van der Waals surface area contributed by atoms with Gasteiger partial charge in [0.05, 0.1) is 12.9 Å². The van der Waals surface area contributed by atoms with Gasteiger partial charge < -0.3 is 14.3 Å². The van der Waals surface area contributed by atoms with Crippen molar-refractivity contribution in [2.75, 3.05) is 6.61 Å². The molecule has 0 saturated heterocycles. The highest BCUT2D eigenvalue weighted by molar-refractivity contribution is 6.06. The van der Waals surface area contributed by atoms with Crippen molar-refractivity contribution in [3.63, 3.8) is 0 Å². The number of aliphatic hydroxyl groups is 1. The van der Waals surface area contributed by atoms with Crippen molar-refractivity contribution in [2.24, 2.45) is 0 Å². The molecule has 120 valence electrons. The van der Waals surface area contributed by atoms with Crippen LogP contribution in [0.15, 0.2) is 52.8 Å². The van der Waals surface area contributed by atoms with Crippen molar-refractivity contribution in [3.05, 3.63) is 71.1 Å². The van der Waals surface area contributed by atoms with Crippen LogP contribution >= 0.6 is 0 Å². The molecule has 0 radical (unpaired) electrons. The monoisotopic (exact) mass is 318 g/mol. The van der Waals surface area contributed by atoms with E-state index >= 15 is 0 Å². The molecule has 0 fully saturated rings. The highest BCUT2D eigenvalue weighted by atomic mass is 19.1. The zero-order chi connectivity index (χ0) is 16.8. The largest absolute Gasteiger partial charge is 0.502 e. The molecule has 0 aliphatic carbocycles. The maximum absolute atomic E-state index is 12.8. The van der Waals surface area contributed by atoms with Crippen LogP contribution in [0.25, 0.3) is 0 Å². The second-order valence-corrected chi connectivity index (χ2v) is 4.74. The highest BCUT2D eigenvalue weighted by Gasteiger charge is 2.15. The normalized spacial score (nSPS) is 11.3. The Hall–Kier alpha value is -2.89. The van der Waals surface area contributed by atoms with Crippen LogP contribution in [-0.4, -0.2) is 23.5 Å². The van der Waals surface area contributed by atoms with Crippen molar-refractivity contribution in [1.29, 1.82) is 0 Å². The van der Waals surface area contributed by atoms with E-state index in [0.29, 0.717) is 12.0 Å². The van der Waals surface area contributed by atoms with E-state index in [1.807, 2.05) is 0 Å². The summed E-state index contributed by atoms with van der Waals surface area (Å²) in [5, 5.41) is 9.44. The number of esters is 1. The summed E-state index contributed by atoms with van der Waals surface area (Å²) >= 11 is 0. The van der Waals surface area contributed by atoms with Gasteiger partial charge in [-0.1, -0.05) is 12.1 Å². The molecule has 0 aliphatic rings. The average molecular weight is 318 g/mol. The Morgan fingerprint density at radius 1 is 1.26 bits per heavy atom. The number of allylic oxidation sites excluding steroid dienone is 1. The highest BCUT2D eigenvalue weighted by Crippen LogP contribution is 2.15. The van der Waals surface area contributed by atoms with Crippen LogP contribution in [0.4, 0.5) is 4.39 Å². The number of benzene rings is 1. The lowest BCUT2D eigenvalue weighted by Crippen LogP contribution is -2.09. The Bertz CT molecular complexity index is 728. The van der Waals surface area contributed by atoms with Gasteiger partial charge in [-0.05, 0) is 36.2 Å². The van der Waals surface area contributed by atoms with Crippen molar-refractivity contribution in [1.82, 2.24) is 0 Å². The predicted molar refractivity (Wildman–Crippen MR) is 79.6 cm³/mol. The number of furan rings is 1. The van der Waals surface area contributed by atoms with Gasteiger partial charge in [-0.15, -0.1) is 0 Å². The van der Waals surface area contributed by atoms with Gasteiger partial charge in [0, 0.05) is 12.5 Å². The zero-order valence-corrected chi connectivity index (χ0v) is 12.4. The average Bonchev–Trinajstić information content (AvgIpc) is 2.98. The van der Waals surface area contributed by atoms with Crippen LogP contribution in [0.1, 0.15) is 28.6 Å². The summed E-state index contributed by atoms with van der Waals surface area (Å²) in [6.07, 6.45) is 2.61. The van der Waals surface area contributed by atoms with Gasteiger partial charge in [-0.25, -0.2) is 9.18 Å². The summed E-state index contributed by atoms with van der Waals surface area (Å²) in [4.78, 5) is 23.1. The number of carbonyl (C=O) groups excluding carboxylic acids is 2. The predicted octanol–water partition coefficient (Wildman–Crippen LogP) is 3.20. The van der Waals surface area contributed by atoms with Crippen molar-refractivity contribution in [2.45, 2.75) is 13.3 Å². The molecule has 0 aliphatic heterocycles. The lowest BCUT2D eigenvalue weighted by molar-refractivity contribution is -0.141. The molecule has 2 aromatic rings. The first-order valence-electron chi connectivity index (χ1n) is 6.93. The summed E-state index contributed by atoms with van der Waals surface area (Å²) in [5.41, 5.74) is 1.57. The molecule has 0 spiro atoms. The van der Waals surface area contributed by atoms with Gasteiger partial charge in [0.2, 0.25) is 11.5 Å². The Kier molecular flexibility index (Phi) is 5.30. The van der Waals surface area contributed by atoms with Crippen molar-refractivity contribution < 1.29 is 28.2 Å². The lowest BCUT2D eigenvalue weighted by Gasteiger charge is -1.99. The van der Waals surface area contributed by atoms with Crippen LogP contribution in [0.5, 0.6) is 0 Å². The molecule has 0 atom stereocenters. The van der Waals surface area contributed by atoms with Crippen LogP contribution in [0.3, 0.4) is 0 Å². The number of hydrogen-bond acceptors (Lipinski definition) is 5. The first-order valence-corrected chi connectivity index (χ1v) is 6.93. The van der Waals surface area contributed by atoms with Crippen LogP contribution < -0.4 is 0 Å². The van der Waals surface area contributed by atoms with Crippen LogP contribution in [-0.2, 0) is 16.0 Å². The molecule has 2 rings (SSSR count). The minimum Gasteiger partial charge on any atom is -0.502 e. The lowest BCUT2D eigenvalue weighted by atomic mass is 10.1. The molecule has 5 nitrogen and oxygen atoms in total. The third kappa shape index (κ3) is 4.54. The van der Waals surface area contributed by atoms with Gasteiger partial charge in [0.15, 0.2) is 5.76 Å². The third-order valence-electron chi connectivity index (χ3n) is 2.97. The van der Waals surface area contributed by atoms with Gasteiger partial charge in [-0.3, -0.25) is 4.79 Å². The smallest absolute Gasteiger partial charge is 0.373 e. The minimum atomic E-state index is -0.973. The molecular formula is C17H15FO5. The molecule has 1 N–H and O–H groups in total. The fourth-order valence-electron chi connectivity index (χ4n) is 1.89. The van der Waals surface area contributed by atoms with Crippen LogP contribution in [0.2, 0.25) is 0 Å². The number of ether oxygens (including phenoxy) is 1. The van der Waals surface area contributed by atoms with Gasteiger partial charge in [0.25, 0.3) is 0 Å². The molecule has 1 heterocycles. The second kappa shape index (κ2) is 7.40. The van der Waals surface area contributed by atoms with Gasteiger partial charge >= 0.3 is 5.97 Å². The van der Waals surface area contributed by atoms with Crippen molar-refractivity contribution in [3.8, 4) is 0 Å². The number of ketones is 1. The summed E-state index contributed by atoms with van der Waals surface area (Å²) in [5.74, 6) is -2.75. The maximum atomic E-state index is 12.8. The fourth-order valence-corrected chi connectivity index (χ4v) is 1.89. The summed E-state index contributed by atoms with van der Waals surface area (Å²) in [7, 11) is 0. The van der Waals surface area contributed by atoms with E-state index in [4.69, 9.17) is 4.42 Å². The van der Waals surface area contributed by atoms with E-state index < -0.39 is 17.5 Å². The number of rotatable bonds is 6. The van der Waals surface area contributed by atoms with Gasteiger partial charge in [-0.2, -0.15) is 0 Å². The zero-order valence-electron chi connectivity index (χ0n) is 12.4. The second-order valence-electron chi connectivity index (χ2n) is 4.74. The standard InChI is InChI=1S/C17H15FO5/c1-2-22-17(21)15(20)9-14(19)16-8-12(10-23-16)7-11-3-5-13(18)6-4-11/h3-6,8-10,20H,2,7H2,1H3. The fraction of sp³-hybridized carbons (Fsp3) is 0.176. The van der Waals surface area contributed by atoms with Crippen LogP contribution in [0, 0.1) is 5.82 Å². The number of halogens is 1. The third-order valence-corrected chi connectivity index (χ3v) is 2.97. The van der Waals surface area contributed by atoms with E-state index in [1.54, 1.807) is 19.1 Å². The summed E-state index contributed by atoms with van der Waals surface area (Å²) in [6.45, 7) is 1.68. The maximum Gasteiger partial charge on any atom is 0.373 e. The van der Waals surface area contributed by atoms with E-state index in [2.05, 4.69) is 4.74 Å². The molecular weight excluding hydrogens is 303 g/mol. The Morgan fingerprint density at radius 2 is 1.96 bits per heavy atom. The molecule has 23 heavy (non-hydrogen) atoms. The SMILES string of the molecule is CCOC(=O)C(O)=CC(=O)c1cc(Cc2ccc(F)cc2)co1.